The van der Waals surface area contributed by atoms with Gasteiger partial charge in [0.05, 0.1) is 19.6 Å². The summed E-state index contributed by atoms with van der Waals surface area (Å²) in [5.41, 5.74) is 2.13. The zero-order valence-corrected chi connectivity index (χ0v) is 12.1. The first-order valence-corrected chi connectivity index (χ1v) is 6.89. The smallest absolute Gasteiger partial charge is 0.124 e. The normalized spacial score (nSPS) is 12.2. The number of halogens is 1. The number of ether oxygens (including phenoxy) is 2. The quantitative estimate of drug-likeness (QED) is 0.774. The molecule has 2 aromatic rings. The van der Waals surface area contributed by atoms with Gasteiger partial charge in [0, 0.05) is 10.4 Å². The van der Waals surface area contributed by atoms with E-state index in [9.17, 15) is 0 Å². The van der Waals surface area contributed by atoms with E-state index in [-0.39, 0.29) is 5.38 Å². The molecule has 18 heavy (non-hydrogen) atoms. The van der Waals surface area contributed by atoms with Crippen molar-refractivity contribution < 1.29 is 9.47 Å². The Bertz CT molecular complexity index is 536. The molecule has 2 rings (SSSR count). The summed E-state index contributed by atoms with van der Waals surface area (Å²) in [4.78, 5) is 1.14. The molecule has 0 saturated heterocycles. The molecule has 0 N–H and O–H groups in total. The van der Waals surface area contributed by atoms with Gasteiger partial charge in [0.15, 0.2) is 0 Å². The van der Waals surface area contributed by atoms with E-state index in [2.05, 4.69) is 13.0 Å². The molecule has 1 aromatic carbocycles. The fourth-order valence-electron chi connectivity index (χ4n) is 1.82. The van der Waals surface area contributed by atoms with Gasteiger partial charge in [0.1, 0.15) is 11.5 Å². The highest BCUT2D eigenvalue weighted by Gasteiger charge is 2.19. The molecular weight excluding hydrogens is 268 g/mol. The van der Waals surface area contributed by atoms with Crippen LogP contribution in [0.2, 0.25) is 0 Å². The van der Waals surface area contributed by atoms with Gasteiger partial charge in [-0.3, -0.25) is 0 Å². The Hall–Kier alpha value is -1.19. The molecule has 0 aliphatic carbocycles. The van der Waals surface area contributed by atoms with Gasteiger partial charge in [0.2, 0.25) is 0 Å². The lowest BCUT2D eigenvalue weighted by molar-refractivity contribution is 0.399. The molecule has 1 unspecified atom stereocenters. The summed E-state index contributed by atoms with van der Waals surface area (Å²) in [6.07, 6.45) is 0. The van der Waals surface area contributed by atoms with Crippen molar-refractivity contribution in [2.75, 3.05) is 14.2 Å². The summed E-state index contributed by atoms with van der Waals surface area (Å²) >= 11 is 8.22. The second kappa shape index (κ2) is 5.63. The summed E-state index contributed by atoms with van der Waals surface area (Å²) in [5, 5.41) is 1.84. The number of methoxy groups -OCH3 is 2. The van der Waals surface area contributed by atoms with Crippen LogP contribution < -0.4 is 9.47 Å². The second-order valence-corrected chi connectivity index (χ2v) is 5.32. The first-order valence-electron chi connectivity index (χ1n) is 5.57. The van der Waals surface area contributed by atoms with Crippen LogP contribution in [0.15, 0.2) is 29.6 Å². The fourth-order valence-corrected chi connectivity index (χ4v) is 3.24. The number of thiophene rings is 1. The summed E-state index contributed by atoms with van der Waals surface area (Å²) in [7, 11) is 3.29. The van der Waals surface area contributed by atoms with Crippen molar-refractivity contribution >= 4 is 22.9 Å². The Kier molecular flexibility index (Phi) is 4.15. The average molecular weight is 283 g/mol. The minimum absolute atomic E-state index is 0.213. The van der Waals surface area contributed by atoms with Crippen LogP contribution in [-0.4, -0.2) is 14.2 Å². The van der Waals surface area contributed by atoms with Crippen LogP contribution in [-0.2, 0) is 0 Å². The van der Waals surface area contributed by atoms with Gasteiger partial charge in [-0.1, -0.05) is 0 Å². The molecule has 1 aromatic heterocycles. The van der Waals surface area contributed by atoms with Crippen molar-refractivity contribution in [3.8, 4) is 11.5 Å². The van der Waals surface area contributed by atoms with E-state index in [1.807, 2.05) is 23.6 Å². The lowest BCUT2D eigenvalue weighted by Crippen LogP contribution is -1.98. The highest BCUT2D eigenvalue weighted by Crippen LogP contribution is 2.40. The van der Waals surface area contributed by atoms with Gasteiger partial charge in [-0.15, -0.1) is 22.9 Å². The number of aryl methyl sites for hydroxylation is 1. The summed E-state index contributed by atoms with van der Waals surface area (Å²) in [5.74, 6) is 1.56. The van der Waals surface area contributed by atoms with Crippen LogP contribution in [0.3, 0.4) is 0 Å². The lowest BCUT2D eigenvalue weighted by atomic mass is 10.1. The van der Waals surface area contributed by atoms with Crippen molar-refractivity contribution in [1.82, 2.24) is 0 Å². The summed E-state index contributed by atoms with van der Waals surface area (Å²) in [6, 6.07) is 7.75. The zero-order chi connectivity index (χ0) is 13.1. The zero-order valence-electron chi connectivity index (χ0n) is 10.6. The van der Waals surface area contributed by atoms with Gasteiger partial charge in [0.25, 0.3) is 0 Å². The molecule has 0 fully saturated rings. The van der Waals surface area contributed by atoms with Gasteiger partial charge in [-0.25, -0.2) is 0 Å². The van der Waals surface area contributed by atoms with Crippen molar-refractivity contribution in [2.45, 2.75) is 12.3 Å². The van der Waals surface area contributed by atoms with E-state index in [0.717, 1.165) is 21.9 Å². The molecule has 96 valence electrons. The molecule has 0 radical (unpaired) electrons. The maximum atomic E-state index is 6.57. The van der Waals surface area contributed by atoms with E-state index in [1.165, 1.54) is 5.56 Å². The Morgan fingerprint density at radius 1 is 1.17 bits per heavy atom. The third-order valence-corrected chi connectivity index (χ3v) is 4.51. The fraction of sp³-hybridized carbons (Fsp3) is 0.286. The largest absolute Gasteiger partial charge is 0.497 e. The highest BCUT2D eigenvalue weighted by atomic mass is 35.5. The third-order valence-electron chi connectivity index (χ3n) is 2.84. The standard InChI is InChI=1S/C14H15ClO2S/c1-9-6-7-18-14(9)13(15)11-8-10(16-2)4-5-12(11)17-3/h4-8,13H,1-3H3. The molecule has 0 spiro atoms. The Balaban J connectivity index is 2.45. The maximum Gasteiger partial charge on any atom is 0.124 e. The van der Waals surface area contributed by atoms with Crippen LogP contribution in [0.4, 0.5) is 0 Å². The predicted molar refractivity (Wildman–Crippen MR) is 76.3 cm³/mol. The van der Waals surface area contributed by atoms with Gasteiger partial charge in [-0.05, 0) is 42.1 Å². The number of hydrogen-bond donors (Lipinski definition) is 0. The van der Waals surface area contributed by atoms with Crippen LogP contribution in [0.25, 0.3) is 0 Å². The summed E-state index contributed by atoms with van der Waals surface area (Å²) < 4.78 is 10.6. The molecule has 1 atom stereocenters. The molecule has 0 aliphatic rings. The molecule has 0 aliphatic heterocycles. The first kappa shape index (κ1) is 13.2. The van der Waals surface area contributed by atoms with E-state index in [1.54, 1.807) is 25.6 Å². The Morgan fingerprint density at radius 3 is 2.50 bits per heavy atom. The van der Waals surface area contributed by atoms with Crippen LogP contribution >= 0.6 is 22.9 Å². The first-order chi connectivity index (χ1) is 8.67. The van der Waals surface area contributed by atoms with Crippen LogP contribution in [0, 0.1) is 6.92 Å². The van der Waals surface area contributed by atoms with Gasteiger partial charge < -0.3 is 9.47 Å². The molecule has 0 saturated carbocycles. The van der Waals surface area contributed by atoms with Gasteiger partial charge in [-0.2, -0.15) is 0 Å². The summed E-state index contributed by atoms with van der Waals surface area (Å²) in [6.45, 7) is 2.06. The average Bonchev–Trinajstić information content (AvgIpc) is 2.83. The lowest BCUT2D eigenvalue weighted by Gasteiger charge is -2.15. The van der Waals surface area contributed by atoms with E-state index in [0.29, 0.717) is 0 Å². The molecule has 0 bridgehead atoms. The second-order valence-electron chi connectivity index (χ2n) is 3.94. The maximum absolute atomic E-state index is 6.57. The third kappa shape index (κ3) is 2.47. The molecule has 0 amide bonds. The van der Waals surface area contributed by atoms with Crippen molar-refractivity contribution in [1.29, 1.82) is 0 Å². The number of benzene rings is 1. The number of alkyl halides is 1. The molecule has 4 heteroatoms. The molecule has 2 nitrogen and oxygen atoms in total. The molecular formula is C14H15ClO2S. The van der Waals surface area contributed by atoms with Crippen molar-refractivity contribution in [3.63, 3.8) is 0 Å². The number of rotatable bonds is 4. The topological polar surface area (TPSA) is 18.5 Å². The van der Waals surface area contributed by atoms with Crippen molar-refractivity contribution in [2.24, 2.45) is 0 Å². The monoisotopic (exact) mass is 282 g/mol. The highest BCUT2D eigenvalue weighted by molar-refractivity contribution is 7.10. The van der Waals surface area contributed by atoms with Crippen LogP contribution in [0.1, 0.15) is 21.4 Å². The van der Waals surface area contributed by atoms with E-state index in [4.69, 9.17) is 21.1 Å². The Morgan fingerprint density at radius 2 is 1.94 bits per heavy atom. The predicted octanol–water partition coefficient (Wildman–Crippen LogP) is 4.40. The van der Waals surface area contributed by atoms with Crippen LogP contribution in [0.5, 0.6) is 11.5 Å². The van der Waals surface area contributed by atoms with Crippen molar-refractivity contribution in [3.05, 3.63) is 45.6 Å². The van der Waals surface area contributed by atoms with E-state index < -0.39 is 0 Å². The van der Waals surface area contributed by atoms with E-state index >= 15 is 0 Å². The Labute approximate surface area is 116 Å². The minimum atomic E-state index is -0.213. The number of hydrogen-bond acceptors (Lipinski definition) is 3. The SMILES string of the molecule is COc1ccc(OC)c(C(Cl)c2sccc2C)c1. The minimum Gasteiger partial charge on any atom is -0.497 e. The molecule has 1 heterocycles. The van der Waals surface area contributed by atoms with Gasteiger partial charge >= 0.3 is 0 Å².